The SMILES string of the molecule is ClP1N(Cc2ccccc2)c2ccccc2N1Cc1ccccc1.Nc1ccccc1N.O=C(Nc1ccccc1NC(=O)c1ccccc1)c1ccccc1.c1ccc(CNc2ccccc2NCc2ccccc2)cc1. The van der Waals surface area contributed by atoms with Gasteiger partial charge in [0.25, 0.3) is 11.8 Å². The van der Waals surface area contributed by atoms with Crippen molar-refractivity contribution in [1.82, 2.24) is 0 Å². The normalized spacial score (nSPS) is 11.2. The molecular weight excluding hydrogens is 1000 g/mol. The van der Waals surface area contributed by atoms with Crippen LogP contribution < -0.4 is 42.1 Å². The first-order valence-electron chi connectivity index (χ1n) is 25.5. The van der Waals surface area contributed by atoms with Crippen molar-refractivity contribution in [2.45, 2.75) is 26.2 Å². The first-order chi connectivity index (χ1) is 38.3. The van der Waals surface area contributed by atoms with Gasteiger partial charge in [-0.3, -0.25) is 9.59 Å². The van der Waals surface area contributed by atoms with Gasteiger partial charge in [-0.2, -0.15) is 0 Å². The Morgan fingerprint density at radius 1 is 0.346 bits per heavy atom. The van der Waals surface area contributed by atoms with Gasteiger partial charge in [0, 0.05) is 37.3 Å². The number of nitrogens with two attached hydrogens (primary N) is 2. The number of nitrogens with one attached hydrogen (secondary N) is 4. The molecule has 390 valence electrons. The number of carbonyl (C=O) groups excluding carboxylic acids is 2. The van der Waals surface area contributed by atoms with E-state index < -0.39 is 7.58 Å². The van der Waals surface area contributed by atoms with Crippen molar-refractivity contribution in [3.63, 3.8) is 0 Å². The van der Waals surface area contributed by atoms with Crippen LogP contribution in [0.5, 0.6) is 0 Å². The molecule has 0 spiro atoms. The average molecular weight is 1070 g/mol. The molecule has 0 bridgehead atoms. The van der Waals surface area contributed by atoms with Crippen molar-refractivity contribution < 1.29 is 9.59 Å². The molecule has 0 saturated heterocycles. The molecular formula is C66H62ClN8O2P. The van der Waals surface area contributed by atoms with Crippen molar-refractivity contribution in [2.75, 3.05) is 42.1 Å². The number of amides is 2. The third-order valence-corrected chi connectivity index (χ3v) is 14.9. The molecule has 78 heavy (non-hydrogen) atoms. The molecule has 0 unspecified atom stereocenters. The minimum atomic E-state index is -0.927. The van der Waals surface area contributed by atoms with Crippen molar-refractivity contribution in [2.24, 2.45) is 0 Å². The Hall–Kier alpha value is -9.34. The zero-order chi connectivity index (χ0) is 54.2. The van der Waals surface area contributed by atoms with E-state index in [2.05, 4.69) is 176 Å². The van der Waals surface area contributed by atoms with Gasteiger partial charge in [-0.1, -0.05) is 206 Å². The van der Waals surface area contributed by atoms with Crippen molar-refractivity contribution in [3.8, 4) is 0 Å². The summed E-state index contributed by atoms with van der Waals surface area (Å²) in [6.07, 6.45) is 0. The van der Waals surface area contributed by atoms with E-state index in [0.717, 1.165) is 37.6 Å². The Kier molecular flexibility index (Phi) is 20.5. The Balaban J connectivity index is 0.000000144. The van der Waals surface area contributed by atoms with Gasteiger partial charge < -0.3 is 42.1 Å². The van der Waals surface area contributed by atoms with Crippen LogP contribution in [0, 0.1) is 0 Å². The molecule has 8 N–H and O–H groups in total. The summed E-state index contributed by atoms with van der Waals surface area (Å²) in [4.78, 5) is 24.6. The van der Waals surface area contributed by atoms with Crippen LogP contribution in [0.2, 0.25) is 0 Å². The number of carbonyl (C=O) groups is 2. The molecule has 10 aromatic rings. The Labute approximate surface area is 464 Å². The molecule has 2 amide bonds. The summed E-state index contributed by atoms with van der Waals surface area (Å²) in [6.45, 7) is 3.31. The highest BCUT2D eigenvalue weighted by molar-refractivity contribution is 7.86. The van der Waals surface area contributed by atoms with E-state index >= 15 is 0 Å². The number of halogens is 1. The lowest BCUT2D eigenvalue weighted by Gasteiger charge is -2.27. The van der Waals surface area contributed by atoms with Crippen LogP contribution in [0.25, 0.3) is 0 Å². The number of rotatable bonds is 14. The zero-order valence-corrected chi connectivity index (χ0v) is 44.7. The summed E-state index contributed by atoms with van der Waals surface area (Å²) >= 11 is 6.93. The molecule has 0 fully saturated rings. The highest BCUT2D eigenvalue weighted by atomic mass is 35.7. The van der Waals surface area contributed by atoms with Gasteiger partial charge >= 0.3 is 0 Å². The van der Waals surface area contributed by atoms with E-state index in [-0.39, 0.29) is 11.8 Å². The van der Waals surface area contributed by atoms with Crippen molar-refractivity contribution >= 4 is 76.1 Å². The van der Waals surface area contributed by atoms with E-state index in [9.17, 15) is 9.59 Å². The molecule has 1 aliphatic heterocycles. The number of nitrogens with zero attached hydrogens (tertiary/aromatic N) is 2. The number of benzene rings is 10. The lowest BCUT2D eigenvalue weighted by Crippen LogP contribution is -2.17. The van der Waals surface area contributed by atoms with Gasteiger partial charge in [-0.15, -0.1) is 0 Å². The van der Waals surface area contributed by atoms with Crippen molar-refractivity contribution in [1.29, 1.82) is 0 Å². The quantitative estimate of drug-likeness (QED) is 0.0467. The third-order valence-electron chi connectivity index (χ3n) is 12.3. The summed E-state index contributed by atoms with van der Waals surface area (Å²) in [7, 11) is -0.927. The van der Waals surface area contributed by atoms with E-state index in [1.165, 1.54) is 33.6 Å². The number of nitrogen functional groups attached to an aromatic ring is 2. The molecule has 12 heteroatoms. The second-order valence-corrected chi connectivity index (χ2v) is 20.2. The van der Waals surface area contributed by atoms with Gasteiger partial charge in [-0.05, 0) is 106 Å². The first kappa shape index (κ1) is 54.9. The molecule has 10 nitrogen and oxygen atoms in total. The lowest BCUT2D eigenvalue weighted by atomic mass is 10.2. The average Bonchev–Trinajstić information content (AvgIpc) is 3.78. The molecule has 1 aliphatic rings. The van der Waals surface area contributed by atoms with Crippen LogP contribution in [0.4, 0.5) is 45.5 Å². The first-order valence-corrected chi connectivity index (χ1v) is 27.7. The topological polar surface area (TPSA) is 141 Å². The number of hydrogen-bond acceptors (Lipinski definition) is 8. The summed E-state index contributed by atoms with van der Waals surface area (Å²) in [5.41, 5.74) is 24.1. The second kappa shape index (κ2) is 29.1. The highest BCUT2D eigenvalue weighted by Crippen LogP contribution is 2.63. The maximum absolute atomic E-state index is 12.3. The number of fused-ring (bicyclic) bond motifs is 1. The van der Waals surface area contributed by atoms with E-state index in [1.807, 2.05) is 48.5 Å². The van der Waals surface area contributed by atoms with Gasteiger partial charge in [0.2, 0.25) is 0 Å². The smallest absolute Gasteiger partial charge is 0.255 e. The standard InChI is InChI=1S/C20H18ClN2P.C20H16N2O2.C20H20N2.C6H8N2/c21-24-22(15-17-9-3-1-4-10-17)19-13-7-8-14-20(19)23(24)16-18-11-5-2-6-12-18;23-19(15-9-3-1-4-10-15)21-17-13-7-8-14-18(17)22-20(24)16-11-5-2-6-12-16;1-3-9-17(10-4-1)15-21-19-13-7-8-14-20(19)22-16-18-11-5-2-6-12-18;7-5-3-1-2-4-6(5)8/h1-14H,15-16H2;1-14H,(H,21,23)(H,22,24);1-14,21-22H,15-16H2;1-4H,7-8H2. The largest absolute Gasteiger partial charge is 0.397 e. The monoisotopic (exact) mass is 1060 g/mol. The summed E-state index contributed by atoms with van der Waals surface area (Å²) in [6, 6.07) is 91.0. The third kappa shape index (κ3) is 16.3. The Morgan fingerprint density at radius 3 is 0.949 bits per heavy atom. The number of hydrogen-bond donors (Lipinski definition) is 6. The van der Waals surface area contributed by atoms with Gasteiger partial charge in [-0.25, -0.2) is 0 Å². The van der Waals surface area contributed by atoms with Gasteiger partial charge in [0.15, 0.2) is 7.58 Å². The fraction of sp³-hybridized carbons (Fsp3) is 0.0606. The van der Waals surface area contributed by atoms with Gasteiger partial charge in [0.05, 0.1) is 45.5 Å². The molecule has 0 aliphatic carbocycles. The van der Waals surface area contributed by atoms with Crippen LogP contribution in [0.3, 0.4) is 0 Å². The van der Waals surface area contributed by atoms with Crippen LogP contribution in [-0.4, -0.2) is 11.8 Å². The number of anilines is 8. The molecule has 0 radical (unpaired) electrons. The highest BCUT2D eigenvalue weighted by Gasteiger charge is 2.35. The predicted molar refractivity (Wildman–Crippen MR) is 329 cm³/mol. The molecule has 0 atom stereocenters. The van der Waals surface area contributed by atoms with Crippen LogP contribution in [-0.2, 0) is 26.2 Å². The van der Waals surface area contributed by atoms with Crippen LogP contribution in [0.15, 0.2) is 279 Å². The Bertz CT molecular complexity index is 3180. The predicted octanol–water partition coefficient (Wildman–Crippen LogP) is 16.1. The van der Waals surface area contributed by atoms with E-state index in [1.54, 1.807) is 84.9 Å². The summed E-state index contributed by atoms with van der Waals surface area (Å²) in [5, 5.41) is 12.7. The maximum Gasteiger partial charge on any atom is 0.255 e. The summed E-state index contributed by atoms with van der Waals surface area (Å²) in [5.74, 6) is -0.450. The minimum absolute atomic E-state index is 0.225. The van der Waals surface area contributed by atoms with E-state index in [0.29, 0.717) is 33.9 Å². The molecule has 0 saturated carbocycles. The lowest BCUT2D eigenvalue weighted by molar-refractivity contribution is 0.101. The van der Waals surface area contributed by atoms with Crippen LogP contribution >= 0.6 is 18.8 Å². The summed E-state index contributed by atoms with van der Waals surface area (Å²) < 4.78 is 4.65. The van der Waals surface area contributed by atoms with Crippen LogP contribution in [0.1, 0.15) is 43.0 Å². The Morgan fingerprint density at radius 2 is 0.615 bits per heavy atom. The van der Waals surface area contributed by atoms with Crippen molar-refractivity contribution in [3.05, 3.63) is 312 Å². The molecule has 11 rings (SSSR count). The van der Waals surface area contributed by atoms with E-state index in [4.69, 9.17) is 22.7 Å². The molecule has 0 aromatic heterocycles. The maximum atomic E-state index is 12.3. The minimum Gasteiger partial charge on any atom is -0.397 e. The zero-order valence-electron chi connectivity index (χ0n) is 43.1. The number of para-hydroxylation sites is 8. The van der Waals surface area contributed by atoms with Gasteiger partial charge in [0.1, 0.15) is 0 Å². The molecule has 10 aromatic carbocycles. The fourth-order valence-corrected chi connectivity index (χ4v) is 10.5. The second-order valence-electron chi connectivity index (χ2n) is 17.9. The fourth-order valence-electron chi connectivity index (χ4n) is 8.17. The molecule has 1 heterocycles.